The van der Waals surface area contributed by atoms with Crippen molar-refractivity contribution >= 4 is 17.5 Å². The quantitative estimate of drug-likeness (QED) is 0.614. The third kappa shape index (κ3) is 3.06. The van der Waals surface area contributed by atoms with Gasteiger partial charge in [0.15, 0.2) is 0 Å². The molecule has 0 radical (unpaired) electrons. The highest BCUT2D eigenvalue weighted by Crippen LogP contribution is 2.27. The number of anilines is 2. The number of aromatic nitrogens is 2. The van der Waals surface area contributed by atoms with Gasteiger partial charge in [-0.1, -0.05) is 20.3 Å². The molecule has 1 aromatic heterocycles. The van der Waals surface area contributed by atoms with E-state index in [0.29, 0.717) is 5.92 Å². The molecule has 0 amide bonds. The van der Waals surface area contributed by atoms with E-state index in [0.717, 1.165) is 6.42 Å². The van der Waals surface area contributed by atoms with Crippen LogP contribution in [0.3, 0.4) is 0 Å². The van der Waals surface area contributed by atoms with Gasteiger partial charge in [0.25, 0.3) is 0 Å². The zero-order chi connectivity index (χ0) is 13.9. The van der Waals surface area contributed by atoms with Gasteiger partial charge in [-0.15, -0.1) is 0 Å². The first-order valence-corrected chi connectivity index (χ1v) is 5.91. The van der Waals surface area contributed by atoms with Gasteiger partial charge in [-0.3, -0.25) is 10.1 Å². The van der Waals surface area contributed by atoms with E-state index in [1.54, 1.807) is 6.92 Å². The van der Waals surface area contributed by atoms with E-state index in [1.165, 1.54) is 0 Å². The minimum absolute atomic E-state index is 0.0388. The maximum absolute atomic E-state index is 11.0. The lowest BCUT2D eigenvalue weighted by molar-refractivity contribution is -0.385. The summed E-state index contributed by atoms with van der Waals surface area (Å²) in [7, 11) is 0. The number of nitro groups is 1. The van der Waals surface area contributed by atoms with Crippen molar-refractivity contribution in [2.45, 2.75) is 40.2 Å². The van der Waals surface area contributed by atoms with Crippen molar-refractivity contribution < 1.29 is 4.92 Å². The Hall–Kier alpha value is -1.92. The Labute approximate surface area is 106 Å². The molecule has 0 saturated carbocycles. The van der Waals surface area contributed by atoms with Gasteiger partial charge < -0.3 is 11.1 Å². The monoisotopic (exact) mass is 253 g/mol. The molecule has 0 aliphatic carbocycles. The van der Waals surface area contributed by atoms with Crippen LogP contribution in [0.2, 0.25) is 0 Å². The number of nitrogens with zero attached hydrogens (tertiary/aromatic N) is 3. The number of nitrogens with two attached hydrogens (primary N) is 1. The fraction of sp³-hybridized carbons (Fsp3) is 0.636. The molecule has 1 heterocycles. The molecule has 0 aliphatic heterocycles. The summed E-state index contributed by atoms with van der Waals surface area (Å²) >= 11 is 0. The summed E-state index contributed by atoms with van der Waals surface area (Å²) in [6.07, 6.45) is 0.974. The Kier molecular flexibility index (Phi) is 4.41. The minimum Gasteiger partial charge on any atom is -0.368 e. The molecule has 0 spiro atoms. The van der Waals surface area contributed by atoms with Crippen molar-refractivity contribution in [2.75, 3.05) is 11.1 Å². The molecule has 100 valence electrons. The van der Waals surface area contributed by atoms with Crippen LogP contribution >= 0.6 is 0 Å². The van der Waals surface area contributed by atoms with E-state index >= 15 is 0 Å². The van der Waals surface area contributed by atoms with Crippen LogP contribution in [-0.2, 0) is 0 Å². The average molecular weight is 253 g/mol. The normalized spacial score (nSPS) is 14.0. The molecule has 0 bridgehead atoms. The van der Waals surface area contributed by atoms with Crippen LogP contribution in [0.1, 0.15) is 32.9 Å². The minimum atomic E-state index is -0.486. The molecule has 2 unspecified atom stereocenters. The second-order valence-corrected chi connectivity index (χ2v) is 4.44. The SMILES string of the molecule is CCC(C)C(C)Nc1nc(N)nc(C)c1[N+](=O)[O-]. The number of rotatable bonds is 5. The summed E-state index contributed by atoms with van der Waals surface area (Å²) in [4.78, 5) is 18.3. The van der Waals surface area contributed by atoms with Crippen LogP contribution in [0.5, 0.6) is 0 Å². The van der Waals surface area contributed by atoms with Crippen molar-refractivity contribution in [1.82, 2.24) is 9.97 Å². The molecular weight excluding hydrogens is 234 g/mol. The first-order valence-electron chi connectivity index (χ1n) is 5.91. The van der Waals surface area contributed by atoms with E-state index < -0.39 is 4.92 Å². The van der Waals surface area contributed by atoms with Crippen LogP contribution in [0.4, 0.5) is 17.5 Å². The van der Waals surface area contributed by atoms with Crippen LogP contribution < -0.4 is 11.1 Å². The summed E-state index contributed by atoms with van der Waals surface area (Å²) in [6, 6.07) is 0.0717. The predicted molar refractivity (Wildman–Crippen MR) is 70.4 cm³/mol. The first-order chi connectivity index (χ1) is 8.36. The Balaban J connectivity index is 3.11. The number of nitrogen functional groups attached to an aromatic ring is 1. The molecule has 7 heteroatoms. The molecule has 18 heavy (non-hydrogen) atoms. The number of hydrogen-bond donors (Lipinski definition) is 2. The zero-order valence-electron chi connectivity index (χ0n) is 11.1. The van der Waals surface area contributed by atoms with Gasteiger partial charge in [0, 0.05) is 6.04 Å². The maximum atomic E-state index is 11.0. The highest BCUT2D eigenvalue weighted by Gasteiger charge is 2.23. The van der Waals surface area contributed by atoms with Crippen LogP contribution in [0.15, 0.2) is 0 Å². The van der Waals surface area contributed by atoms with Gasteiger partial charge in [0.1, 0.15) is 5.69 Å². The van der Waals surface area contributed by atoms with Gasteiger partial charge in [0.05, 0.1) is 4.92 Å². The van der Waals surface area contributed by atoms with Gasteiger partial charge in [0.2, 0.25) is 11.8 Å². The van der Waals surface area contributed by atoms with Crippen molar-refractivity contribution in [1.29, 1.82) is 0 Å². The third-order valence-electron chi connectivity index (χ3n) is 3.12. The Morgan fingerprint density at radius 2 is 2.06 bits per heavy atom. The summed E-state index contributed by atoms with van der Waals surface area (Å²) in [5.74, 6) is 0.607. The van der Waals surface area contributed by atoms with Crippen LogP contribution in [-0.4, -0.2) is 20.9 Å². The van der Waals surface area contributed by atoms with Crippen molar-refractivity contribution in [3.8, 4) is 0 Å². The summed E-state index contributed by atoms with van der Waals surface area (Å²) < 4.78 is 0. The van der Waals surface area contributed by atoms with E-state index in [2.05, 4.69) is 29.1 Å². The largest absolute Gasteiger partial charge is 0.368 e. The first kappa shape index (κ1) is 14.1. The van der Waals surface area contributed by atoms with E-state index in [-0.39, 0.29) is 29.2 Å². The molecule has 2 atom stereocenters. The molecule has 3 N–H and O–H groups in total. The topological polar surface area (TPSA) is 107 Å². The maximum Gasteiger partial charge on any atom is 0.332 e. The standard InChI is InChI=1S/C11H19N5O2/c1-5-6(2)7(3)13-10-9(16(17)18)8(4)14-11(12)15-10/h6-7H,5H2,1-4H3,(H3,12,13,14,15). The van der Waals surface area contributed by atoms with Gasteiger partial charge in [-0.2, -0.15) is 4.98 Å². The molecule has 7 nitrogen and oxygen atoms in total. The second kappa shape index (κ2) is 5.61. The Morgan fingerprint density at radius 3 is 2.56 bits per heavy atom. The summed E-state index contributed by atoms with van der Waals surface area (Å²) in [6.45, 7) is 7.65. The molecule has 1 rings (SSSR count). The highest BCUT2D eigenvalue weighted by molar-refractivity contribution is 5.60. The third-order valence-corrected chi connectivity index (χ3v) is 3.12. The Morgan fingerprint density at radius 1 is 1.44 bits per heavy atom. The van der Waals surface area contributed by atoms with Gasteiger partial charge >= 0.3 is 5.69 Å². The molecule has 0 aliphatic rings. The number of hydrogen-bond acceptors (Lipinski definition) is 6. The van der Waals surface area contributed by atoms with E-state index in [9.17, 15) is 10.1 Å². The molecule has 0 fully saturated rings. The van der Waals surface area contributed by atoms with Crippen molar-refractivity contribution in [2.24, 2.45) is 5.92 Å². The average Bonchev–Trinajstić information content (AvgIpc) is 2.26. The molecule has 0 saturated heterocycles. The summed E-state index contributed by atoms with van der Waals surface area (Å²) in [5, 5.41) is 14.1. The fourth-order valence-electron chi connectivity index (χ4n) is 1.62. The fourth-order valence-corrected chi connectivity index (χ4v) is 1.62. The molecular formula is C11H19N5O2. The predicted octanol–water partition coefficient (Wildman–Crippen LogP) is 2.12. The molecule has 0 aromatic carbocycles. The molecule has 1 aromatic rings. The van der Waals surface area contributed by atoms with Crippen molar-refractivity contribution in [3.05, 3.63) is 15.8 Å². The summed E-state index contributed by atoms with van der Waals surface area (Å²) in [5.41, 5.74) is 5.69. The van der Waals surface area contributed by atoms with Gasteiger partial charge in [-0.25, -0.2) is 4.98 Å². The Bertz CT molecular complexity index is 449. The number of aryl methyl sites for hydroxylation is 1. The smallest absolute Gasteiger partial charge is 0.332 e. The second-order valence-electron chi connectivity index (χ2n) is 4.44. The van der Waals surface area contributed by atoms with Gasteiger partial charge in [-0.05, 0) is 19.8 Å². The highest BCUT2D eigenvalue weighted by atomic mass is 16.6. The number of nitrogens with one attached hydrogen (secondary N) is 1. The lowest BCUT2D eigenvalue weighted by Crippen LogP contribution is -2.25. The zero-order valence-corrected chi connectivity index (χ0v) is 11.1. The lowest BCUT2D eigenvalue weighted by atomic mass is 10.0. The van der Waals surface area contributed by atoms with Crippen LogP contribution in [0.25, 0.3) is 0 Å². The lowest BCUT2D eigenvalue weighted by Gasteiger charge is -2.20. The van der Waals surface area contributed by atoms with E-state index in [1.807, 2.05) is 6.92 Å². The van der Waals surface area contributed by atoms with Crippen LogP contribution in [0, 0.1) is 23.0 Å². The van der Waals surface area contributed by atoms with Crippen molar-refractivity contribution in [3.63, 3.8) is 0 Å². The van der Waals surface area contributed by atoms with E-state index in [4.69, 9.17) is 5.73 Å².